The number of carbonyl (C=O) groups is 3. The SMILES string of the molecule is CCc1ccc(CN2CCCC(C(=O)N3CCc4ccccc4C3)C2)cc1.O=C(O)C(=O)O. The van der Waals surface area contributed by atoms with Gasteiger partial charge in [-0.15, -0.1) is 0 Å². The molecule has 0 aliphatic carbocycles. The number of fused-ring (bicyclic) bond motifs is 1. The zero-order chi connectivity index (χ0) is 23.8. The van der Waals surface area contributed by atoms with Crippen LogP contribution < -0.4 is 0 Å². The molecule has 7 nitrogen and oxygen atoms in total. The number of carbonyl (C=O) groups excluding carboxylic acids is 1. The molecule has 2 aromatic carbocycles. The Hall–Kier alpha value is -3.19. The van der Waals surface area contributed by atoms with Crippen LogP contribution in [0.1, 0.15) is 42.0 Å². The second-order valence-electron chi connectivity index (χ2n) is 8.63. The third kappa shape index (κ3) is 6.89. The van der Waals surface area contributed by atoms with Crippen LogP contribution in [0.3, 0.4) is 0 Å². The van der Waals surface area contributed by atoms with Crippen molar-refractivity contribution in [1.29, 1.82) is 0 Å². The van der Waals surface area contributed by atoms with Crippen LogP contribution >= 0.6 is 0 Å². The highest BCUT2D eigenvalue weighted by Gasteiger charge is 2.30. The second-order valence-corrected chi connectivity index (χ2v) is 8.63. The number of amides is 1. The van der Waals surface area contributed by atoms with E-state index in [1.807, 2.05) is 0 Å². The molecule has 2 heterocycles. The van der Waals surface area contributed by atoms with Crippen molar-refractivity contribution in [3.8, 4) is 0 Å². The van der Waals surface area contributed by atoms with Gasteiger partial charge in [0.1, 0.15) is 0 Å². The van der Waals surface area contributed by atoms with E-state index in [9.17, 15) is 4.79 Å². The molecular formula is C26H32N2O5. The van der Waals surface area contributed by atoms with E-state index < -0.39 is 11.9 Å². The van der Waals surface area contributed by atoms with E-state index in [-0.39, 0.29) is 5.92 Å². The summed E-state index contributed by atoms with van der Waals surface area (Å²) in [5.74, 6) is -3.14. The van der Waals surface area contributed by atoms with Crippen LogP contribution in [0.2, 0.25) is 0 Å². The molecule has 4 rings (SSSR count). The number of hydrogen-bond acceptors (Lipinski definition) is 4. The first-order valence-corrected chi connectivity index (χ1v) is 11.5. The summed E-state index contributed by atoms with van der Waals surface area (Å²) >= 11 is 0. The topological polar surface area (TPSA) is 98.2 Å². The molecular weight excluding hydrogens is 420 g/mol. The predicted molar refractivity (Wildman–Crippen MR) is 125 cm³/mol. The molecule has 0 radical (unpaired) electrons. The summed E-state index contributed by atoms with van der Waals surface area (Å²) in [4.78, 5) is 35.9. The summed E-state index contributed by atoms with van der Waals surface area (Å²) < 4.78 is 0. The number of rotatable bonds is 4. The van der Waals surface area contributed by atoms with Crippen molar-refractivity contribution < 1.29 is 24.6 Å². The molecule has 0 saturated carbocycles. The van der Waals surface area contributed by atoms with Gasteiger partial charge in [0.15, 0.2) is 0 Å². The lowest BCUT2D eigenvalue weighted by atomic mass is 9.93. The number of piperidine rings is 1. The quantitative estimate of drug-likeness (QED) is 0.692. The van der Waals surface area contributed by atoms with E-state index in [1.165, 1.54) is 22.3 Å². The van der Waals surface area contributed by atoms with Crippen molar-refractivity contribution in [1.82, 2.24) is 9.80 Å². The maximum absolute atomic E-state index is 13.1. The van der Waals surface area contributed by atoms with Crippen LogP contribution in [-0.2, 0) is 40.3 Å². The molecule has 0 bridgehead atoms. The molecule has 176 valence electrons. The number of hydrogen-bond donors (Lipinski definition) is 2. The van der Waals surface area contributed by atoms with Crippen molar-refractivity contribution in [2.75, 3.05) is 19.6 Å². The van der Waals surface area contributed by atoms with Crippen LogP contribution in [0.4, 0.5) is 0 Å². The highest BCUT2D eigenvalue weighted by molar-refractivity contribution is 6.27. The molecule has 1 unspecified atom stereocenters. The molecule has 1 atom stereocenters. The lowest BCUT2D eigenvalue weighted by molar-refractivity contribution is -0.159. The van der Waals surface area contributed by atoms with Gasteiger partial charge in [-0.2, -0.15) is 0 Å². The molecule has 2 aliphatic rings. The first-order valence-electron chi connectivity index (χ1n) is 11.5. The first kappa shape index (κ1) is 24.5. The van der Waals surface area contributed by atoms with Gasteiger partial charge in [0, 0.05) is 26.2 Å². The summed E-state index contributed by atoms with van der Waals surface area (Å²) in [6.45, 7) is 6.79. The van der Waals surface area contributed by atoms with Gasteiger partial charge < -0.3 is 15.1 Å². The Morgan fingerprint density at radius 1 is 0.909 bits per heavy atom. The van der Waals surface area contributed by atoms with E-state index >= 15 is 0 Å². The Labute approximate surface area is 194 Å². The Morgan fingerprint density at radius 3 is 2.18 bits per heavy atom. The van der Waals surface area contributed by atoms with Crippen molar-refractivity contribution in [3.63, 3.8) is 0 Å². The van der Waals surface area contributed by atoms with E-state index in [0.29, 0.717) is 5.91 Å². The largest absolute Gasteiger partial charge is 0.473 e. The molecule has 0 spiro atoms. The molecule has 1 saturated heterocycles. The van der Waals surface area contributed by atoms with Crippen LogP contribution in [0.5, 0.6) is 0 Å². The van der Waals surface area contributed by atoms with Crippen LogP contribution in [0.15, 0.2) is 48.5 Å². The second kappa shape index (κ2) is 11.6. The van der Waals surface area contributed by atoms with E-state index in [1.54, 1.807) is 0 Å². The normalized spacial score (nSPS) is 18.0. The first-order chi connectivity index (χ1) is 15.9. The maximum atomic E-state index is 13.1. The third-order valence-corrected chi connectivity index (χ3v) is 6.32. The minimum Gasteiger partial charge on any atom is -0.473 e. The standard InChI is InChI=1S/C24H30N2O.C2H2O4/c1-2-19-9-11-20(12-10-19)16-25-14-5-8-23(17-25)24(27)26-15-13-21-6-3-4-7-22(21)18-26;3-1(4)2(5)6/h3-4,6-7,9-12,23H,2,5,8,13-18H2,1H3;(H,3,4)(H,5,6). The van der Waals surface area contributed by atoms with Gasteiger partial charge in [-0.1, -0.05) is 55.5 Å². The van der Waals surface area contributed by atoms with Crippen LogP contribution in [0, 0.1) is 5.92 Å². The third-order valence-electron chi connectivity index (χ3n) is 6.32. The summed E-state index contributed by atoms with van der Waals surface area (Å²) in [7, 11) is 0. The van der Waals surface area contributed by atoms with Crippen LogP contribution in [-0.4, -0.2) is 57.5 Å². The van der Waals surface area contributed by atoms with Gasteiger partial charge >= 0.3 is 11.9 Å². The highest BCUT2D eigenvalue weighted by Crippen LogP contribution is 2.25. The average Bonchev–Trinajstić information content (AvgIpc) is 2.84. The Kier molecular flexibility index (Phi) is 8.60. The van der Waals surface area contributed by atoms with Gasteiger partial charge in [-0.05, 0) is 54.5 Å². The summed E-state index contributed by atoms with van der Waals surface area (Å²) in [5.41, 5.74) is 5.46. The van der Waals surface area contributed by atoms with Crippen molar-refractivity contribution in [3.05, 3.63) is 70.8 Å². The van der Waals surface area contributed by atoms with Gasteiger partial charge in [-0.25, -0.2) is 9.59 Å². The summed E-state index contributed by atoms with van der Waals surface area (Å²) in [5, 5.41) is 14.8. The molecule has 2 aromatic rings. The minimum absolute atomic E-state index is 0.152. The number of carboxylic acid groups (broad SMARTS) is 2. The molecule has 0 aromatic heterocycles. The average molecular weight is 453 g/mol. The van der Waals surface area contributed by atoms with E-state index in [0.717, 1.165) is 58.4 Å². The van der Waals surface area contributed by atoms with Crippen molar-refractivity contribution in [2.45, 2.75) is 45.7 Å². The number of aliphatic carboxylic acids is 2. The predicted octanol–water partition coefficient (Wildman–Crippen LogP) is 3.20. The van der Waals surface area contributed by atoms with Crippen molar-refractivity contribution >= 4 is 17.8 Å². The molecule has 33 heavy (non-hydrogen) atoms. The zero-order valence-electron chi connectivity index (χ0n) is 19.1. The number of likely N-dealkylation sites (tertiary alicyclic amines) is 1. The fourth-order valence-corrected chi connectivity index (χ4v) is 4.48. The molecule has 1 amide bonds. The van der Waals surface area contributed by atoms with Gasteiger partial charge in [0.25, 0.3) is 0 Å². The van der Waals surface area contributed by atoms with Gasteiger partial charge in [0.05, 0.1) is 5.92 Å². The Balaban J connectivity index is 0.000000454. The number of nitrogens with zero attached hydrogens (tertiary/aromatic N) is 2. The van der Waals surface area contributed by atoms with Crippen LogP contribution in [0.25, 0.3) is 0 Å². The lowest BCUT2D eigenvalue weighted by Crippen LogP contribution is -2.46. The number of carboxylic acids is 2. The van der Waals surface area contributed by atoms with Gasteiger partial charge in [0.2, 0.25) is 5.91 Å². The monoisotopic (exact) mass is 452 g/mol. The Morgan fingerprint density at radius 2 is 1.55 bits per heavy atom. The zero-order valence-corrected chi connectivity index (χ0v) is 19.1. The van der Waals surface area contributed by atoms with E-state index in [4.69, 9.17) is 19.8 Å². The van der Waals surface area contributed by atoms with Gasteiger partial charge in [-0.3, -0.25) is 9.69 Å². The summed E-state index contributed by atoms with van der Waals surface area (Å²) in [6.07, 6.45) is 4.22. The lowest BCUT2D eigenvalue weighted by Gasteiger charge is -2.36. The smallest absolute Gasteiger partial charge is 0.414 e. The fourth-order valence-electron chi connectivity index (χ4n) is 4.48. The van der Waals surface area contributed by atoms with Crippen molar-refractivity contribution in [2.24, 2.45) is 5.92 Å². The summed E-state index contributed by atoms with van der Waals surface area (Å²) in [6, 6.07) is 17.5. The molecule has 2 N–H and O–H groups in total. The molecule has 7 heteroatoms. The molecule has 1 fully saturated rings. The molecule has 2 aliphatic heterocycles. The number of aryl methyl sites for hydroxylation is 1. The van der Waals surface area contributed by atoms with E-state index in [2.05, 4.69) is 65.3 Å². The minimum atomic E-state index is -1.82. The number of benzene rings is 2. The highest BCUT2D eigenvalue weighted by atomic mass is 16.4. The Bertz CT molecular complexity index is 961. The maximum Gasteiger partial charge on any atom is 0.414 e. The fraction of sp³-hybridized carbons (Fsp3) is 0.423.